The number of likely N-dealkylation sites (tertiary alicyclic amines) is 1. The molecule has 4 fully saturated rings. The molecule has 6 unspecified atom stereocenters. The van der Waals surface area contributed by atoms with Gasteiger partial charge in [-0.25, -0.2) is 0 Å². The molecule has 4 aliphatic rings. The van der Waals surface area contributed by atoms with Gasteiger partial charge in [0.2, 0.25) is 0 Å². The molecule has 0 spiro atoms. The highest BCUT2D eigenvalue weighted by Gasteiger charge is 2.60. The highest BCUT2D eigenvalue weighted by atomic mass is 16.1. The summed E-state index contributed by atoms with van der Waals surface area (Å²) in [5.41, 5.74) is 0. The summed E-state index contributed by atoms with van der Waals surface area (Å²) < 4.78 is 0. The maximum absolute atomic E-state index is 12.9. The van der Waals surface area contributed by atoms with Gasteiger partial charge in [-0.2, -0.15) is 0 Å². The summed E-state index contributed by atoms with van der Waals surface area (Å²) in [6, 6.07) is 1.17. The highest BCUT2D eigenvalue weighted by molar-refractivity contribution is 5.84. The number of likely N-dealkylation sites (N-methyl/N-ethyl adjacent to an activating group) is 1. The number of carbonyl (C=O) groups excluding carboxylic acids is 1. The van der Waals surface area contributed by atoms with Gasteiger partial charge in [-0.1, -0.05) is 46.0 Å². The normalized spacial score (nSPS) is 43.6. The number of hydrogen-bond donors (Lipinski definition) is 3. The van der Waals surface area contributed by atoms with Crippen molar-refractivity contribution in [3.8, 4) is 0 Å². The van der Waals surface area contributed by atoms with Gasteiger partial charge in [-0.05, 0) is 18.4 Å². The van der Waals surface area contributed by atoms with Crippen LogP contribution in [0.2, 0.25) is 0 Å². The standard InChI is InChI=1S/C19H34N4O/c1-3-14(24)18-15(12-8-6-5-7-9-12)16-17-13(10-20-11-21-17)22-19(16)23(18)4-2/h12-13,15-22H,3-11H2,1-2H3. The Kier molecular flexibility index (Phi) is 4.96. The van der Waals surface area contributed by atoms with E-state index in [2.05, 4.69) is 27.8 Å². The smallest absolute Gasteiger partial charge is 0.150 e. The van der Waals surface area contributed by atoms with Crippen molar-refractivity contribution in [3.63, 3.8) is 0 Å². The molecule has 4 rings (SSSR count). The zero-order chi connectivity index (χ0) is 16.7. The quantitative estimate of drug-likeness (QED) is 0.723. The maximum Gasteiger partial charge on any atom is 0.150 e. The molecule has 1 saturated carbocycles. The summed E-state index contributed by atoms with van der Waals surface area (Å²) in [5.74, 6) is 2.33. The average Bonchev–Trinajstić information content (AvgIpc) is 3.15. The first-order valence-electron chi connectivity index (χ1n) is 10.2. The third-order valence-corrected chi connectivity index (χ3v) is 7.19. The summed E-state index contributed by atoms with van der Waals surface area (Å²) >= 11 is 0. The van der Waals surface area contributed by atoms with Crippen LogP contribution in [0.15, 0.2) is 0 Å². The SMILES string of the molecule is CCC(=O)C1C(C2CCCCC2)C2C3NCNCC3NC2N1CC. The van der Waals surface area contributed by atoms with Crippen LogP contribution in [0.3, 0.4) is 0 Å². The van der Waals surface area contributed by atoms with Crippen LogP contribution < -0.4 is 16.0 Å². The summed E-state index contributed by atoms with van der Waals surface area (Å²) in [4.78, 5) is 15.4. The zero-order valence-electron chi connectivity index (χ0n) is 15.3. The number of ketones is 1. The lowest BCUT2D eigenvalue weighted by atomic mass is 9.69. The van der Waals surface area contributed by atoms with Crippen molar-refractivity contribution in [1.29, 1.82) is 0 Å². The minimum absolute atomic E-state index is 0.142. The van der Waals surface area contributed by atoms with Crippen LogP contribution in [0.5, 0.6) is 0 Å². The number of fused-ring (bicyclic) bond motifs is 3. The van der Waals surface area contributed by atoms with Crippen molar-refractivity contribution >= 4 is 5.78 Å². The van der Waals surface area contributed by atoms with Crippen molar-refractivity contribution in [3.05, 3.63) is 0 Å². The fourth-order valence-corrected chi connectivity index (χ4v) is 6.25. The molecule has 5 nitrogen and oxygen atoms in total. The summed E-state index contributed by atoms with van der Waals surface area (Å²) in [6.45, 7) is 7.20. The van der Waals surface area contributed by atoms with Gasteiger partial charge in [0, 0.05) is 37.6 Å². The molecule has 0 aromatic heterocycles. The molecule has 0 aromatic rings. The Balaban J connectivity index is 1.68. The van der Waals surface area contributed by atoms with Crippen LogP contribution in [0, 0.1) is 17.8 Å². The molecule has 5 heteroatoms. The van der Waals surface area contributed by atoms with Gasteiger partial charge in [0.15, 0.2) is 0 Å². The molecule has 0 radical (unpaired) electrons. The van der Waals surface area contributed by atoms with E-state index in [-0.39, 0.29) is 6.04 Å². The first-order chi connectivity index (χ1) is 11.8. The molecule has 6 atom stereocenters. The molecular formula is C19H34N4O. The molecule has 0 bridgehead atoms. The topological polar surface area (TPSA) is 56.4 Å². The average molecular weight is 335 g/mol. The van der Waals surface area contributed by atoms with Crippen molar-refractivity contribution in [2.24, 2.45) is 17.8 Å². The van der Waals surface area contributed by atoms with E-state index >= 15 is 0 Å². The first kappa shape index (κ1) is 17.0. The predicted molar refractivity (Wildman–Crippen MR) is 95.5 cm³/mol. The Hall–Kier alpha value is -0.490. The van der Waals surface area contributed by atoms with Crippen molar-refractivity contribution in [2.45, 2.75) is 76.7 Å². The van der Waals surface area contributed by atoms with E-state index < -0.39 is 0 Å². The van der Waals surface area contributed by atoms with Crippen LogP contribution in [-0.2, 0) is 4.79 Å². The summed E-state index contributed by atoms with van der Waals surface area (Å²) in [6.07, 6.45) is 7.80. The lowest BCUT2D eigenvalue weighted by Crippen LogP contribution is -2.59. The molecule has 3 saturated heterocycles. The Labute approximate surface area is 146 Å². The van der Waals surface area contributed by atoms with Crippen LogP contribution in [-0.4, -0.2) is 54.7 Å². The van der Waals surface area contributed by atoms with E-state index in [1.54, 1.807) is 0 Å². The Morgan fingerprint density at radius 3 is 2.62 bits per heavy atom. The molecule has 3 aliphatic heterocycles. The molecule has 24 heavy (non-hydrogen) atoms. The lowest BCUT2D eigenvalue weighted by molar-refractivity contribution is -0.125. The van der Waals surface area contributed by atoms with Crippen LogP contribution in [0.25, 0.3) is 0 Å². The monoisotopic (exact) mass is 334 g/mol. The maximum atomic E-state index is 12.9. The summed E-state index contributed by atoms with van der Waals surface area (Å²) in [5, 5.41) is 11.1. The first-order valence-corrected chi connectivity index (χ1v) is 10.2. The number of hydrogen-bond acceptors (Lipinski definition) is 5. The molecule has 136 valence electrons. The van der Waals surface area contributed by atoms with E-state index in [9.17, 15) is 4.79 Å². The van der Waals surface area contributed by atoms with Crippen molar-refractivity contribution in [2.75, 3.05) is 19.8 Å². The van der Waals surface area contributed by atoms with Crippen molar-refractivity contribution in [1.82, 2.24) is 20.9 Å². The third-order valence-electron chi connectivity index (χ3n) is 7.19. The Morgan fingerprint density at radius 1 is 1.12 bits per heavy atom. The number of nitrogens with zero attached hydrogens (tertiary/aromatic N) is 1. The van der Waals surface area contributed by atoms with Crippen LogP contribution in [0.4, 0.5) is 0 Å². The molecule has 1 aliphatic carbocycles. The fourth-order valence-electron chi connectivity index (χ4n) is 6.25. The lowest BCUT2D eigenvalue weighted by Gasteiger charge is -2.39. The second-order valence-electron chi connectivity index (χ2n) is 8.23. The molecular weight excluding hydrogens is 300 g/mol. The minimum atomic E-state index is 0.142. The highest BCUT2D eigenvalue weighted by Crippen LogP contribution is 2.49. The van der Waals surface area contributed by atoms with Gasteiger partial charge < -0.3 is 5.32 Å². The number of nitrogens with one attached hydrogen (secondary N) is 3. The largest absolute Gasteiger partial charge is 0.303 e. The molecule has 3 N–H and O–H groups in total. The number of rotatable bonds is 4. The second-order valence-corrected chi connectivity index (χ2v) is 8.23. The number of Topliss-reactive ketones (excluding diaryl/α,β-unsaturated/α-hetero) is 1. The van der Waals surface area contributed by atoms with E-state index in [4.69, 9.17) is 0 Å². The third kappa shape index (κ3) is 2.64. The van der Waals surface area contributed by atoms with Gasteiger partial charge in [-0.15, -0.1) is 0 Å². The van der Waals surface area contributed by atoms with Gasteiger partial charge in [0.1, 0.15) is 5.78 Å². The van der Waals surface area contributed by atoms with Crippen molar-refractivity contribution < 1.29 is 4.79 Å². The van der Waals surface area contributed by atoms with Gasteiger partial charge in [0.05, 0.1) is 12.2 Å². The Morgan fingerprint density at radius 2 is 1.92 bits per heavy atom. The van der Waals surface area contributed by atoms with Crippen LogP contribution in [0.1, 0.15) is 52.4 Å². The van der Waals surface area contributed by atoms with E-state index in [0.717, 1.165) is 25.7 Å². The van der Waals surface area contributed by atoms with E-state index in [0.29, 0.717) is 42.3 Å². The molecule has 0 aromatic carbocycles. The van der Waals surface area contributed by atoms with Crippen LogP contribution >= 0.6 is 0 Å². The second kappa shape index (κ2) is 7.02. The fraction of sp³-hybridized carbons (Fsp3) is 0.947. The predicted octanol–water partition coefficient (Wildman–Crippen LogP) is 1.30. The van der Waals surface area contributed by atoms with E-state index in [1.807, 2.05) is 6.92 Å². The van der Waals surface area contributed by atoms with Gasteiger partial charge in [-0.3, -0.25) is 20.3 Å². The minimum Gasteiger partial charge on any atom is -0.303 e. The number of carbonyl (C=O) groups is 1. The van der Waals surface area contributed by atoms with Gasteiger partial charge in [0.25, 0.3) is 0 Å². The van der Waals surface area contributed by atoms with Gasteiger partial charge >= 0.3 is 0 Å². The van der Waals surface area contributed by atoms with E-state index in [1.165, 1.54) is 32.1 Å². The Bertz CT molecular complexity index is 464. The molecule has 3 heterocycles. The zero-order valence-corrected chi connectivity index (χ0v) is 15.3. The molecule has 0 amide bonds. The summed E-state index contributed by atoms with van der Waals surface area (Å²) in [7, 11) is 0.